The molecule has 3 N–H and O–H groups in total. The zero-order chi connectivity index (χ0) is 14.7. The molecule has 5 nitrogen and oxygen atoms in total. The van der Waals surface area contributed by atoms with Gasteiger partial charge in [-0.15, -0.1) is 0 Å². The van der Waals surface area contributed by atoms with Crippen molar-refractivity contribution in [3.8, 4) is 0 Å². The van der Waals surface area contributed by atoms with Crippen molar-refractivity contribution in [1.29, 1.82) is 0 Å². The molecule has 3 rings (SSSR count). The van der Waals surface area contributed by atoms with Crippen LogP contribution in [0.1, 0.15) is 28.8 Å². The van der Waals surface area contributed by atoms with E-state index in [0.29, 0.717) is 24.6 Å². The fourth-order valence-electron chi connectivity index (χ4n) is 2.45. The molecule has 0 saturated heterocycles. The molecule has 1 atom stereocenters. The predicted octanol–water partition coefficient (Wildman–Crippen LogP) is 1.40. The molecule has 1 heterocycles. The molecule has 0 bridgehead atoms. The van der Waals surface area contributed by atoms with Gasteiger partial charge in [-0.3, -0.25) is 9.48 Å². The fraction of sp³-hybridized carbons (Fsp3) is 0.375. The van der Waals surface area contributed by atoms with E-state index in [1.807, 2.05) is 41.2 Å². The Morgan fingerprint density at radius 1 is 1.38 bits per heavy atom. The van der Waals surface area contributed by atoms with E-state index in [2.05, 4.69) is 10.4 Å². The molecule has 5 heteroatoms. The van der Waals surface area contributed by atoms with Gasteiger partial charge in [0.05, 0.1) is 6.54 Å². The maximum absolute atomic E-state index is 12.3. The molecule has 0 radical (unpaired) electrons. The van der Waals surface area contributed by atoms with E-state index in [1.54, 1.807) is 6.20 Å². The molecule has 1 aromatic heterocycles. The van der Waals surface area contributed by atoms with Gasteiger partial charge in [0, 0.05) is 30.5 Å². The van der Waals surface area contributed by atoms with E-state index in [-0.39, 0.29) is 11.9 Å². The van der Waals surface area contributed by atoms with Gasteiger partial charge in [0.1, 0.15) is 0 Å². The Kier molecular flexibility index (Phi) is 4.01. The number of amides is 1. The van der Waals surface area contributed by atoms with Crippen molar-refractivity contribution in [1.82, 2.24) is 15.1 Å². The molecule has 1 aliphatic rings. The van der Waals surface area contributed by atoms with Crippen LogP contribution in [0.25, 0.3) is 0 Å². The Morgan fingerprint density at radius 3 is 2.90 bits per heavy atom. The molecule has 110 valence electrons. The van der Waals surface area contributed by atoms with E-state index in [4.69, 9.17) is 5.73 Å². The first-order chi connectivity index (χ1) is 10.2. The number of nitrogens with two attached hydrogens (primary N) is 1. The minimum absolute atomic E-state index is 0.0612. The Hall–Kier alpha value is -2.14. The second kappa shape index (κ2) is 6.10. The standard InChI is InChI=1S/C16H20N4O/c17-15(12-6-7-12)10-18-16(21)14-5-2-1-4-13(14)11-20-9-3-8-19-20/h1-5,8-9,12,15H,6-7,10-11,17H2,(H,18,21). The Balaban J connectivity index is 1.67. The van der Waals surface area contributed by atoms with Gasteiger partial charge in [-0.25, -0.2) is 0 Å². The number of benzene rings is 1. The summed E-state index contributed by atoms with van der Waals surface area (Å²) in [5.74, 6) is 0.526. The van der Waals surface area contributed by atoms with Crippen molar-refractivity contribution < 1.29 is 4.79 Å². The molecule has 1 fully saturated rings. The molecular formula is C16H20N4O. The maximum Gasteiger partial charge on any atom is 0.251 e. The maximum atomic E-state index is 12.3. The number of nitrogens with one attached hydrogen (secondary N) is 1. The molecule has 1 aliphatic carbocycles. The van der Waals surface area contributed by atoms with Crippen LogP contribution in [0.2, 0.25) is 0 Å². The van der Waals surface area contributed by atoms with Gasteiger partial charge in [0.25, 0.3) is 5.91 Å². The topological polar surface area (TPSA) is 72.9 Å². The van der Waals surface area contributed by atoms with Gasteiger partial charge in [-0.1, -0.05) is 18.2 Å². The summed E-state index contributed by atoms with van der Waals surface area (Å²) in [6.07, 6.45) is 5.99. The lowest BCUT2D eigenvalue weighted by Crippen LogP contribution is -2.38. The van der Waals surface area contributed by atoms with Crippen LogP contribution < -0.4 is 11.1 Å². The lowest BCUT2D eigenvalue weighted by atomic mass is 10.1. The summed E-state index contributed by atoms with van der Waals surface area (Å²) in [6.45, 7) is 1.13. The first-order valence-electron chi connectivity index (χ1n) is 7.33. The van der Waals surface area contributed by atoms with E-state index in [1.165, 1.54) is 12.8 Å². The average molecular weight is 284 g/mol. The third kappa shape index (κ3) is 3.49. The first-order valence-corrected chi connectivity index (χ1v) is 7.33. The highest BCUT2D eigenvalue weighted by Gasteiger charge is 2.28. The SMILES string of the molecule is NC(CNC(=O)c1ccccc1Cn1cccn1)C1CC1. The monoisotopic (exact) mass is 284 g/mol. The quantitative estimate of drug-likeness (QED) is 0.842. The van der Waals surface area contributed by atoms with Crippen LogP contribution >= 0.6 is 0 Å². The molecule has 21 heavy (non-hydrogen) atoms. The molecule has 2 aromatic rings. The molecule has 1 unspecified atom stereocenters. The Morgan fingerprint density at radius 2 is 2.19 bits per heavy atom. The van der Waals surface area contributed by atoms with E-state index in [0.717, 1.165) is 5.56 Å². The van der Waals surface area contributed by atoms with Crippen molar-refractivity contribution in [2.75, 3.05) is 6.54 Å². The molecular weight excluding hydrogens is 264 g/mol. The van der Waals surface area contributed by atoms with Crippen molar-refractivity contribution in [3.63, 3.8) is 0 Å². The zero-order valence-corrected chi connectivity index (χ0v) is 11.9. The minimum atomic E-state index is -0.0612. The van der Waals surface area contributed by atoms with Crippen molar-refractivity contribution in [3.05, 3.63) is 53.9 Å². The van der Waals surface area contributed by atoms with Gasteiger partial charge in [0.2, 0.25) is 0 Å². The van der Waals surface area contributed by atoms with Crippen LogP contribution in [0.4, 0.5) is 0 Å². The highest BCUT2D eigenvalue weighted by Crippen LogP contribution is 2.31. The van der Waals surface area contributed by atoms with Crippen LogP contribution in [-0.2, 0) is 6.54 Å². The third-order valence-corrected chi connectivity index (χ3v) is 3.88. The number of rotatable bonds is 6. The van der Waals surface area contributed by atoms with Crippen LogP contribution in [0.15, 0.2) is 42.7 Å². The second-order valence-electron chi connectivity index (χ2n) is 5.57. The molecule has 1 aromatic carbocycles. The van der Waals surface area contributed by atoms with Crippen molar-refractivity contribution in [2.45, 2.75) is 25.4 Å². The third-order valence-electron chi connectivity index (χ3n) is 3.88. The summed E-state index contributed by atoms with van der Waals surface area (Å²) >= 11 is 0. The Labute approximate surface area is 124 Å². The Bertz CT molecular complexity index is 604. The lowest BCUT2D eigenvalue weighted by Gasteiger charge is -2.13. The minimum Gasteiger partial charge on any atom is -0.350 e. The number of aromatic nitrogens is 2. The van der Waals surface area contributed by atoms with E-state index in [9.17, 15) is 4.79 Å². The van der Waals surface area contributed by atoms with E-state index < -0.39 is 0 Å². The number of hydrogen-bond acceptors (Lipinski definition) is 3. The number of hydrogen-bond donors (Lipinski definition) is 2. The summed E-state index contributed by atoms with van der Waals surface area (Å²) in [6, 6.07) is 9.56. The molecule has 0 spiro atoms. The van der Waals surface area contributed by atoms with Gasteiger partial charge in [-0.2, -0.15) is 5.10 Å². The van der Waals surface area contributed by atoms with E-state index >= 15 is 0 Å². The molecule has 0 aliphatic heterocycles. The van der Waals surface area contributed by atoms with Crippen LogP contribution in [-0.4, -0.2) is 28.3 Å². The normalized spacial score (nSPS) is 15.7. The van der Waals surface area contributed by atoms with Crippen LogP contribution in [0.5, 0.6) is 0 Å². The highest BCUT2D eigenvalue weighted by atomic mass is 16.1. The largest absolute Gasteiger partial charge is 0.350 e. The van der Waals surface area contributed by atoms with Crippen molar-refractivity contribution >= 4 is 5.91 Å². The van der Waals surface area contributed by atoms with Crippen LogP contribution in [0, 0.1) is 5.92 Å². The fourth-order valence-corrected chi connectivity index (χ4v) is 2.45. The van der Waals surface area contributed by atoms with Crippen LogP contribution in [0.3, 0.4) is 0 Å². The summed E-state index contributed by atoms with van der Waals surface area (Å²) in [7, 11) is 0. The molecule has 1 saturated carbocycles. The summed E-state index contributed by atoms with van der Waals surface area (Å²) in [5, 5.41) is 7.13. The second-order valence-corrected chi connectivity index (χ2v) is 5.57. The first kappa shape index (κ1) is 13.8. The lowest BCUT2D eigenvalue weighted by molar-refractivity contribution is 0.0949. The van der Waals surface area contributed by atoms with Crippen molar-refractivity contribution in [2.24, 2.45) is 11.7 Å². The highest BCUT2D eigenvalue weighted by molar-refractivity contribution is 5.95. The predicted molar refractivity (Wildman–Crippen MR) is 80.8 cm³/mol. The smallest absolute Gasteiger partial charge is 0.251 e. The average Bonchev–Trinajstić information content (AvgIpc) is 3.23. The summed E-state index contributed by atoms with van der Waals surface area (Å²) in [4.78, 5) is 12.3. The van der Waals surface area contributed by atoms with Gasteiger partial charge in [0.15, 0.2) is 0 Å². The van der Waals surface area contributed by atoms with Gasteiger partial charge in [-0.05, 0) is 36.5 Å². The zero-order valence-electron chi connectivity index (χ0n) is 11.9. The molecule has 1 amide bonds. The van der Waals surface area contributed by atoms with Gasteiger partial charge >= 0.3 is 0 Å². The van der Waals surface area contributed by atoms with Gasteiger partial charge < -0.3 is 11.1 Å². The number of nitrogens with zero attached hydrogens (tertiary/aromatic N) is 2. The number of carbonyl (C=O) groups is 1. The summed E-state index contributed by atoms with van der Waals surface area (Å²) in [5.41, 5.74) is 7.67. The number of carbonyl (C=O) groups excluding carboxylic acids is 1. The summed E-state index contributed by atoms with van der Waals surface area (Å²) < 4.78 is 1.81.